The van der Waals surface area contributed by atoms with Gasteiger partial charge in [-0.05, 0) is 23.8 Å². The molecule has 3 amide bonds. The molecule has 0 aliphatic heterocycles. The molecule has 2 aromatic heterocycles. The quantitative estimate of drug-likeness (QED) is 0.386. The zero-order valence-corrected chi connectivity index (χ0v) is 18.2. The largest absolute Gasteiger partial charge is 0.489 e. The topological polar surface area (TPSA) is 105 Å². The van der Waals surface area contributed by atoms with Crippen LogP contribution in [0, 0.1) is 0 Å². The summed E-state index contributed by atoms with van der Waals surface area (Å²) in [5.74, 6) is 0.216. The van der Waals surface area contributed by atoms with Crippen molar-refractivity contribution in [3.05, 3.63) is 82.9 Å². The molecule has 2 rings (SSSR count). The van der Waals surface area contributed by atoms with Crippen molar-refractivity contribution in [2.45, 2.75) is 0 Å². The summed E-state index contributed by atoms with van der Waals surface area (Å²) in [5, 5.41) is 8.29. The SMILES string of the molecule is C=C/C=C(\C=C/COc1ccnc(C(=O)NC)c1)CNC(=O)Nc1cc(Cl)cnc1Cl. The van der Waals surface area contributed by atoms with Crippen molar-refractivity contribution in [1.29, 1.82) is 0 Å². The smallest absolute Gasteiger partial charge is 0.319 e. The fraction of sp³-hybridized carbons (Fsp3) is 0.143. The Bertz CT molecular complexity index is 1010. The van der Waals surface area contributed by atoms with Gasteiger partial charge in [0.2, 0.25) is 0 Å². The number of amides is 3. The molecule has 0 saturated carbocycles. The number of carbonyl (C=O) groups excluding carboxylic acids is 2. The van der Waals surface area contributed by atoms with Gasteiger partial charge in [-0.3, -0.25) is 9.78 Å². The molecule has 3 N–H and O–H groups in total. The van der Waals surface area contributed by atoms with Crippen molar-refractivity contribution in [3.8, 4) is 5.75 Å². The number of hydrogen-bond donors (Lipinski definition) is 3. The average Bonchev–Trinajstić information content (AvgIpc) is 2.77. The van der Waals surface area contributed by atoms with Gasteiger partial charge in [-0.25, -0.2) is 9.78 Å². The molecular weight excluding hydrogens is 441 g/mol. The van der Waals surface area contributed by atoms with Crippen LogP contribution in [0.25, 0.3) is 0 Å². The van der Waals surface area contributed by atoms with Crippen LogP contribution in [0.1, 0.15) is 10.5 Å². The van der Waals surface area contributed by atoms with E-state index in [1.165, 1.54) is 25.5 Å². The van der Waals surface area contributed by atoms with E-state index in [0.29, 0.717) is 16.5 Å². The first-order chi connectivity index (χ1) is 14.9. The number of pyridine rings is 2. The number of nitrogens with one attached hydrogen (secondary N) is 3. The first-order valence-corrected chi connectivity index (χ1v) is 9.83. The Labute approximate surface area is 190 Å². The normalized spacial score (nSPS) is 11.1. The number of aromatic nitrogens is 2. The number of ether oxygens (including phenoxy) is 1. The van der Waals surface area contributed by atoms with Gasteiger partial charge in [-0.2, -0.15) is 0 Å². The highest BCUT2D eigenvalue weighted by molar-refractivity contribution is 6.34. The molecule has 0 aliphatic rings. The second-order valence-corrected chi connectivity index (χ2v) is 6.74. The molecule has 2 aromatic rings. The van der Waals surface area contributed by atoms with E-state index in [0.717, 1.165) is 5.57 Å². The lowest BCUT2D eigenvalue weighted by Crippen LogP contribution is -2.30. The van der Waals surface area contributed by atoms with Crippen molar-refractivity contribution in [3.63, 3.8) is 0 Å². The van der Waals surface area contributed by atoms with Crippen LogP contribution in [-0.4, -0.2) is 42.1 Å². The van der Waals surface area contributed by atoms with Gasteiger partial charge in [-0.15, -0.1) is 0 Å². The van der Waals surface area contributed by atoms with Crippen molar-refractivity contribution in [2.75, 3.05) is 25.5 Å². The second-order valence-electron chi connectivity index (χ2n) is 5.95. The Kier molecular flexibility index (Phi) is 9.54. The van der Waals surface area contributed by atoms with E-state index in [1.807, 2.05) is 0 Å². The molecule has 8 nitrogen and oxygen atoms in total. The summed E-state index contributed by atoms with van der Waals surface area (Å²) in [7, 11) is 1.53. The Morgan fingerprint density at radius 2 is 2.06 bits per heavy atom. The van der Waals surface area contributed by atoms with Crippen LogP contribution in [0.5, 0.6) is 5.75 Å². The molecule has 0 bridgehead atoms. The lowest BCUT2D eigenvalue weighted by molar-refractivity contribution is 0.0957. The number of nitrogens with zero attached hydrogens (tertiary/aromatic N) is 2. The summed E-state index contributed by atoms with van der Waals surface area (Å²) >= 11 is 11.8. The van der Waals surface area contributed by atoms with Gasteiger partial charge in [0.1, 0.15) is 18.1 Å². The molecular formula is C21H21Cl2N5O3. The molecule has 0 radical (unpaired) electrons. The Morgan fingerprint density at radius 1 is 1.26 bits per heavy atom. The summed E-state index contributed by atoms with van der Waals surface area (Å²) in [6.07, 6.45) is 9.80. The van der Waals surface area contributed by atoms with Crippen LogP contribution in [0.15, 0.2) is 67.0 Å². The third-order valence-electron chi connectivity index (χ3n) is 3.71. The minimum Gasteiger partial charge on any atom is -0.489 e. The van der Waals surface area contributed by atoms with Gasteiger partial charge in [0.25, 0.3) is 5.91 Å². The van der Waals surface area contributed by atoms with Crippen LogP contribution < -0.4 is 20.7 Å². The number of carbonyl (C=O) groups is 2. The van der Waals surface area contributed by atoms with Crippen molar-refractivity contribution < 1.29 is 14.3 Å². The van der Waals surface area contributed by atoms with Gasteiger partial charge in [0, 0.05) is 32.1 Å². The maximum Gasteiger partial charge on any atom is 0.319 e. The van der Waals surface area contributed by atoms with Gasteiger partial charge in [0.15, 0.2) is 5.15 Å². The number of anilines is 1. The van der Waals surface area contributed by atoms with E-state index in [-0.39, 0.29) is 29.9 Å². The molecule has 162 valence electrons. The van der Waals surface area contributed by atoms with E-state index in [9.17, 15) is 9.59 Å². The summed E-state index contributed by atoms with van der Waals surface area (Å²) < 4.78 is 5.61. The number of hydrogen-bond acceptors (Lipinski definition) is 5. The maximum absolute atomic E-state index is 12.1. The minimum absolute atomic E-state index is 0.133. The predicted molar refractivity (Wildman–Crippen MR) is 122 cm³/mol. The average molecular weight is 462 g/mol. The van der Waals surface area contributed by atoms with Crippen LogP contribution in [-0.2, 0) is 0 Å². The number of halogens is 2. The van der Waals surface area contributed by atoms with E-state index < -0.39 is 6.03 Å². The second kappa shape index (κ2) is 12.4. The number of urea groups is 1. The summed E-state index contributed by atoms with van der Waals surface area (Å²) in [6.45, 7) is 4.16. The Hall–Kier alpha value is -3.36. The zero-order chi connectivity index (χ0) is 22.6. The van der Waals surface area contributed by atoms with Crippen molar-refractivity contribution in [2.24, 2.45) is 0 Å². The Morgan fingerprint density at radius 3 is 2.81 bits per heavy atom. The third kappa shape index (κ3) is 8.12. The van der Waals surface area contributed by atoms with Crippen molar-refractivity contribution >= 4 is 40.8 Å². The lowest BCUT2D eigenvalue weighted by atomic mass is 10.2. The molecule has 0 saturated heterocycles. The highest BCUT2D eigenvalue weighted by Crippen LogP contribution is 2.22. The molecule has 2 heterocycles. The molecule has 0 unspecified atom stereocenters. The zero-order valence-electron chi connectivity index (χ0n) is 16.7. The van der Waals surface area contributed by atoms with Gasteiger partial charge < -0.3 is 20.7 Å². The summed E-state index contributed by atoms with van der Waals surface area (Å²) in [4.78, 5) is 31.6. The molecule has 0 atom stereocenters. The van der Waals surface area contributed by atoms with Crippen LogP contribution >= 0.6 is 23.2 Å². The van der Waals surface area contributed by atoms with Crippen molar-refractivity contribution in [1.82, 2.24) is 20.6 Å². The standard InChI is InChI=1S/C21H21Cl2N5O3/c1-3-5-14(12-27-21(30)28-17-10-15(22)13-26-19(17)23)6-4-9-31-16-7-8-25-18(11-16)20(29)24-2/h3-8,10-11,13H,1,9,12H2,2H3,(H,24,29)(H2,27,28,30)/b6-4-,14-5+. The molecule has 0 fully saturated rings. The fourth-order valence-corrected chi connectivity index (χ4v) is 2.59. The minimum atomic E-state index is -0.468. The van der Waals surface area contributed by atoms with E-state index in [2.05, 4.69) is 32.5 Å². The summed E-state index contributed by atoms with van der Waals surface area (Å²) in [5.41, 5.74) is 1.35. The van der Waals surface area contributed by atoms with Crippen LogP contribution in [0.4, 0.5) is 10.5 Å². The molecule has 10 heteroatoms. The summed E-state index contributed by atoms with van der Waals surface area (Å²) in [6, 6.07) is 4.24. The Balaban J connectivity index is 1.87. The van der Waals surface area contributed by atoms with E-state index in [4.69, 9.17) is 27.9 Å². The van der Waals surface area contributed by atoms with E-state index >= 15 is 0 Å². The number of rotatable bonds is 9. The van der Waals surface area contributed by atoms with Gasteiger partial charge >= 0.3 is 6.03 Å². The molecule has 31 heavy (non-hydrogen) atoms. The first-order valence-electron chi connectivity index (χ1n) is 9.08. The molecule has 0 aromatic carbocycles. The van der Waals surface area contributed by atoms with Gasteiger partial charge in [-0.1, -0.05) is 48.0 Å². The predicted octanol–water partition coefficient (Wildman–Crippen LogP) is 4.01. The van der Waals surface area contributed by atoms with Gasteiger partial charge in [0.05, 0.1) is 10.7 Å². The third-order valence-corrected chi connectivity index (χ3v) is 4.22. The monoisotopic (exact) mass is 461 g/mol. The highest BCUT2D eigenvalue weighted by atomic mass is 35.5. The fourth-order valence-electron chi connectivity index (χ4n) is 2.28. The lowest BCUT2D eigenvalue weighted by Gasteiger charge is -2.09. The van der Waals surface area contributed by atoms with E-state index in [1.54, 1.807) is 36.4 Å². The first kappa shape index (κ1) is 23.9. The van der Waals surface area contributed by atoms with Crippen LogP contribution in [0.2, 0.25) is 10.2 Å². The molecule has 0 spiro atoms. The molecule has 0 aliphatic carbocycles. The number of allylic oxidation sites excluding steroid dienone is 2. The maximum atomic E-state index is 12.1. The highest BCUT2D eigenvalue weighted by Gasteiger charge is 2.08. The van der Waals surface area contributed by atoms with Crippen LogP contribution in [0.3, 0.4) is 0 Å².